The molecular weight excluding hydrogens is 568 g/mol. The van der Waals surface area contributed by atoms with Crippen molar-refractivity contribution >= 4 is 33.5 Å². The van der Waals surface area contributed by atoms with Gasteiger partial charge < -0.3 is 4.42 Å². The fourth-order valence-electron chi connectivity index (χ4n) is 7.59. The van der Waals surface area contributed by atoms with Gasteiger partial charge in [-0.1, -0.05) is 145 Å². The normalized spacial score (nSPS) is 15.3. The Kier molecular flexibility index (Phi) is 5.84. The van der Waals surface area contributed by atoms with Crippen molar-refractivity contribution in [2.24, 2.45) is 0 Å². The molecule has 2 heteroatoms. The summed E-state index contributed by atoms with van der Waals surface area (Å²) in [6.45, 7) is 0. The molecule has 0 bridgehead atoms. The quantitative estimate of drug-likeness (QED) is 0.197. The minimum Gasteiger partial charge on any atom is -0.456 e. The van der Waals surface area contributed by atoms with E-state index < -0.39 is 5.41 Å². The van der Waals surface area contributed by atoms with Crippen molar-refractivity contribution in [3.8, 4) is 33.4 Å². The van der Waals surface area contributed by atoms with Crippen molar-refractivity contribution in [2.75, 3.05) is 0 Å². The first-order valence-electron chi connectivity index (χ1n) is 15.3. The van der Waals surface area contributed by atoms with Gasteiger partial charge in [0.2, 0.25) is 0 Å². The lowest BCUT2D eigenvalue weighted by molar-refractivity contribution is 0.669. The van der Waals surface area contributed by atoms with Gasteiger partial charge in [0.25, 0.3) is 0 Å². The first-order chi connectivity index (χ1) is 22.2. The average Bonchev–Trinajstić information content (AvgIpc) is 3.63. The van der Waals surface area contributed by atoms with Crippen LogP contribution in [0.15, 0.2) is 168 Å². The van der Waals surface area contributed by atoms with E-state index in [1.807, 2.05) is 12.1 Å². The summed E-state index contributed by atoms with van der Waals surface area (Å²) >= 11 is 6.45. The Hall–Kier alpha value is -5.37. The molecule has 8 aromatic rings. The second-order valence-electron chi connectivity index (χ2n) is 11.8. The summed E-state index contributed by atoms with van der Waals surface area (Å²) in [7, 11) is 0. The van der Waals surface area contributed by atoms with Gasteiger partial charge in [-0.15, -0.1) is 0 Å². The first-order valence-corrected chi connectivity index (χ1v) is 15.7. The van der Waals surface area contributed by atoms with E-state index in [0.29, 0.717) is 0 Å². The van der Waals surface area contributed by atoms with E-state index in [1.54, 1.807) is 0 Å². The zero-order valence-corrected chi connectivity index (χ0v) is 25.1. The summed E-state index contributed by atoms with van der Waals surface area (Å²) in [5, 5.41) is 2.99. The molecule has 1 aliphatic carbocycles. The molecule has 212 valence electrons. The first kappa shape index (κ1) is 26.1. The molecular formula is C43H27ClO. The Morgan fingerprint density at radius 2 is 1.09 bits per heavy atom. The number of hydrogen-bond donors (Lipinski definition) is 0. The largest absolute Gasteiger partial charge is 0.456 e. The topological polar surface area (TPSA) is 13.1 Å². The van der Waals surface area contributed by atoms with E-state index >= 15 is 0 Å². The standard InChI is InChI=1S/C43H27ClO/c44-32-24-22-31(23-25-32)43(30-13-5-2-6-14-30)37-18-8-7-15-35(37)41-33(16-9-19-38(41)43)34-17-10-20-40-42(34)36-27-29(21-26-39(36)45-40)28-11-3-1-4-12-28/h1-27H. The molecule has 1 aliphatic rings. The fraction of sp³-hybridized carbons (Fsp3) is 0.0233. The van der Waals surface area contributed by atoms with Crippen LogP contribution in [0.5, 0.6) is 0 Å². The van der Waals surface area contributed by atoms with Gasteiger partial charge in [-0.05, 0) is 86.0 Å². The van der Waals surface area contributed by atoms with Crippen LogP contribution in [0.2, 0.25) is 5.02 Å². The third-order valence-electron chi connectivity index (χ3n) is 9.45. The van der Waals surface area contributed by atoms with Crippen LogP contribution in [0.3, 0.4) is 0 Å². The van der Waals surface area contributed by atoms with Gasteiger partial charge in [0.05, 0.1) is 5.41 Å². The van der Waals surface area contributed by atoms with Crippen LogP contribution in [-0.2, 0) is 5.41 Å². The number of hydrogen-bond acceptors (Lipinski definition) is 1. The number of rotatable bonds is 4. The van der Waals surface area contributed by atoms with Crippen LogP contribution in [0, 0.1) is 0 Å². The maximum atomic E-state index is 6.47. The lowest BCUT2D eigenvalue weighted by atomic mass is 9.67. The van der Waals surface area contributed by atoms with Crippen LogP contribution in [-0.4, -0.2) is 0 Å². The summed E-state index contributed by atoms with van der Waals surface area (Å²) in [6, 6.07) is 58.4. The second-order valence-corrected chi connectivity index (χ2v) is 12.2. The SMILES string of the molecule is Clc1ccc(C2(c3ccccc3)c3ccccc3-c3c(-c4cccc5oc6ccc(-c7ccccc7)cc6c45)cccc32)cc1. The molecule has 0 amide bonds. The molecule has 0 saturated carbocycles. The summed E-state index contributed by atoms with van der Waals surface area (Å²) in [6.07, 6.45) is 0. The minimum atomic E-state index is -0.499. The minimum absolute atomic E-state index is 0.499. The predicted octanol–water partition coefficient (Wildman–Crippen LogP) is 11.9. The van der Waals surface area contributed by atoms with Gasteiger partial charge in [0.15, 0.2) is 0 Å². The lowest BCUT2D eigenvalue weighted by Gasteiger charge is -2.34. The van der Waals surface area contributed by atoms with Gasteiger partial charge >= 0.3 is 0 Å². The second kappa shape index (κ2) is 10.1. The highest BCUT2D eigenvalue weighted by Crippen LogP contribution is 2.58. The molecule has 0 aliphatic heterocycles. The highest BCUT2D eigenvalue weighted by molar-refractivity contribution is 6.30. The zero-order valence-electron chi connectivity index (χ0n) is 24.4. The molecule has 0 radical (unpaired) electrons. The highest BCUT2D eigenvalue weighted by atomic mass is 35.5. The van der Waals surface area contributed by atoms with Crippen LogP contribution < -0.4 is 0 Å². The molecule has 7 aromatic carbocycles. The molecule has 1 unspecified atom stereocenters. The maximum Gasteiger partial charge on any atom is 0.136 e. The molecule has 9 rings (SSSR count). The summed E-state index contributed by atoms with van der Waals surface area (Å²) in [5.41, 5.74) is 13.5. The Bertz CT molecular complexity index is 2370. The van der Waals surface area contributed by atoms with E-state index in [-0.39, 0.29) is 0 Å². The Labute approximate surface area is 267 Å². The van der Waals surface area contributed by atoms with Crippen LogP contribution in [0.1, 0.15) is 22.3 Å². The molecule has 1 aromatic heterocycles. The summed E-state index contributed by atoms with van der Waals surface area (Å²) in [4.78, 5) is 0. The van der Waals surface area contributed by atoms with E-state index in [2.05, 4.69) is 152 Å². The molecule has 0 saturated heterocycles. The molecule has 1 heterocycles. The van der Waals surface area contributed by atoms with Crippen molar-refractivity contribution in [1.29, 1.82) is 0 Å². The van der Waals surface area contributed by atoms with E-state index in [9.17, 15) is 0 Å². The Morgan fingerprint density at radius 3 is 1.91 bits per heavy atom. The van der Waals surface area contributed by atoms with Gasteiger partial charge in [-0.3, -0.25) is 0 Å². The Balaban J connectivity index is 1.37. The van der Waals surface area contributed by atoms with Gasteiger partial charge in [0.1, 0.15) is 11.2 Å². The van der Waals surface area contributed by atoms with Crippen molar-refractivity contribution in [2.45, 2.75) is 5.41 Å². The molecule has 0 spiro atoms. The van der Waals surface area contributed by atoms with Crippen molar-refractivity contribution in [3.05, 3.63) is 191 Å². The van der Waals surface area contributed by atoms with Crippen LogP contribution >= 0.6 is 11.6 Å². The van der Waals surface area contributed by atoms with Gasteiger partial charge in [-0.25, -0.2) is 0 Å². The third-order valence-corrected chi connectivity index (χ3v) is 9.70. The van der Waals surface area contributed by atoms with Gasteiger partial charge in [-0.2, -0.15) is 0 Å². The molecule has 45 heavy (non-hydrogen) atoms. The summed E-state index contributed by atoms with van der Waals surface area (Å²) in [5.74, 6) is 0. The molecule has 0 N–H and O–H groups in total. The van der Waals surface area contributed by atoms with E-state index in [0.717, 1.165) is 27.0 Å². The van der Waals surface area contributed by atoms with Crippen LogP contribution in [0.25, 0.3) is 55.3 Å². The molecule has 1 nitrogen and oxygen atoms in total. The van der Waals surface area contributed by atoms with Gasteiger partial charge in [0, 0.05) is 15.8 Å². The number of benzene rings is 7. The maximum absolute atomic E-state index is 6.47. The summed E-state index contributed by atoms with van der Waals surface area (Å²) < 4.78 is 6.47. The molecule has 1 atom stereocenters. The Morgan fingerprint density at radius 1 is 0.444 bits per heavy atom. The number of furan rings is 1. The van der Waals surface area contributed by atoms with Crippen molar-refractivity contribution < 1.29 is 4.42 Å². The number of halogens is 1. The van der Waals surface area contributed by atoms with Crippen LogP contribution in [0.4, 0.5) is 0 Å². The van der Waals surface area contributed by atoms with Crippen molar-refractivity contribution in [1.82, 2.24) is 0 Å². The highest BCUT2D eigenvalue weighted by Gasteiger charge is 2.46. The van der Waals surface area contributed by atoms with E-state index in [1.165, 1.54) is 55.6 Å². The molecule has 0 fully saturated rings. The smallest absolute Gasteiger partial charge is 0.136 e. The van der Waals surface area contributed by atoms with Crippen molar-refractivity contribution in [3.63, 3.8) is 0 Å². The predicted molar refractivity (Wildman–Crippen MR) is 187 cm³/mol. The third kappa shape index (κ3) is 3.81. The van der Waals surface area contributed by atoms with E-state index in [4.69, 9.17) is 16.0 Å². The monoisotopic (exact) mass is 594 g/mol. The average molecular weight is 595 g/mol. The lowest BCUT2D eigenvalue weighted by Crippen LogP contribution is -2.28. The number of fused-ring (bicyclic) bond motifs is 6. The zero-order chi connectivity index (χ0) is 30.0. The fourth-order valence-corrected chi connectivity index (χ4v) is 7.72.